The highest BCUT2D eigenvalue weighted by Crippen LogP contribution is 2.40. The number of fused-ring (bicyclic) bond motifs is 3. The van der Waals surface area contributed by atoms with E-state index in [1.54, 1.807) is 0 Å². The first-order valence-electron chi connectivity index (χ1n) is 9.30. The van der Waals surface area contributed by atoms with Crippen molar-refractivity contribution < 1.29 is 14.7 Å². The van der Waals surface area contributed by atoms with E-state index < -0.39 is 11.8 Å². The Balaban J connectivity index is 1.74. The Morgan fingerprint density at radius 2 is 1.79 bits per heavy atom. The molecule has 3 aromatic rings. The number of hydrogen-bond donors (Lipinski definition) is 3. The molecular weight excluding hydrogens is 354 g/mol. The minimum absolute atomic E-state index is 0.0920. The maximum Gasteiger partial charge on any atom is 0.275 e. The third-order valence-corrected chi connectivity index (χ3v) is 5.48. The average Bonchev–Trinajstić information content (AvgIpc) is 3.34. The molecule has 0 radical (unpaired) electrons. The third-order valence-electron chi connectivity index (χ3n) is 5.48. The smallest absolute Gasteiger partial charge is 0.275 e. The maximum atomic E-state index is 12.8. The number of anilines is 1. The van der Waals surface area contributed by atoms with E-state index in [1.807, 2.05) is 54.6 Å². The van der Waals surface area contributed by atoms with Crippen molar-refractivity contribution in [2.45, 2.75) is 13.0 Å². The second kappa shape index (κ2) is 6.35. The van der Waals surface area contributed by atoms with Gasteiger partial charge in [0.2, 0.25) is 0 Å². The number of carbonyl (C=O) groups is 2. The zero-order valence-corrected chi connectivity index (χ0v) is 15.1. The van der Waals surface area contributed by atoms with E-state index in [1.165, 1.54) is 0 Å². The van der Waals surface area contributed by atoms with Crippen LogP contribution in [0.25, 0.3) is 16.5 Å². The van der Waals surface area contributed by atoms with E-state index in [4.69, 9.17) is 0 Å². The molecule has 6 nitrogen and oxygen atoms in total. The Labute approximate surface area is 161 Å². The van der Waals surface area contributed by atoms with Crippen molar-refractivity contribution >= 4 is 34.0 Å². The summed E-state index contributed by atoms with van der Waals surface area (Å²) in [7, 11) is 0. The van der Waals surface area contributed by atoms with Gasteiger partial charge in [0, 0.05) is 46.9 Å². The molecule has 1 aromatic heterocycles. The number of hydrogen-bond acceptors (Lipinski definition) is 4. The van der Waals surface area contributed by atoms with Gasteiger partial charge in [0.15, 0.2) is 0 Å². The molecular formula is C22H19N3O3. The summed E-state index contributed by atoms with van der Waals surface area (Å²) >= 11 is 0. The van der Waals surface area contributed by atoms with Crippen LogP contribution in [0.5, 0.6) is 0 Å². The van der Waals surface area contributed by atoms with Crippen molar-refractivity contribution in [3.8, 4) is 0 Å². The zero-order chi connectivity index (χ0) is 19.3. The molecule has 0 unspecified atom stereocenters. The Hall–Kier alpha value is -3.38. The van der Waals surface area contributed by atoms with E-state index in [-0.39, 0.29) is 18.2 Å². The third kappa shape index (κ3) is 2.46. The summed E-state index contributed by atoms with van der Waals surface area (Å²) < 4.78 is 2.16. The normalized spacial score (nSPS) is 18.7. The van der Waals surface area contributed by atoms with Gasteiger partial charge in [-0.1, -0.05) is 36.4 Å². The van der Waals surface area contributed by atoms with Crippen LogP contribution in [0.1, 0.15) is 11.3 Å². The Morgan fingerprint density at radius 1 is 1.04 bits per heavy atom. The van der Waals surface area contributed by atoms with Crippen molar-refractivity contribution in [2.75, 3.05) is 11.9 Å². The van der Waals surface area contributed by atoms with Crippen LogP contribution >= 0.6 is 0 Å². The van der Waals surface area contributed by atoms with Crippen molar-refractivity contribution in [3.63, 3.8) is 0 Å². The van der Waals surface area contributed by atoms with E-state index >= 15 is 0 Å². The molecule has 0 bridgehead atoms. The van der Waals surface area contributed by atoms with Gasteiger partial charge >= 0.3 is 0 Å². The second-order valence-electron chi connectivity index (χ2n) is 7.23. The van der Waals surface area contributed by atoms with Crippen LogP contribution < -0.4 is 10.6 Å². The van der Waals surface area contributed by atoms with E-state index in [2.05, 4.69) is 15.2 Å². The van der Waals surface area contributed by atoms with E-state index in [0.29, 0.717) is 18.5 Å². The number of imide groups is 1. The Bertz CT molecular complexity index is 1140. The fourth-order valence-corrected chi connectivity index (χ4v) is 4.25. The van der Waals surface area contributed by atoms with Crippen LogP contribution in [0, 0.1) is 5.92 Å². The molecule has 0 fully saturated rings. The number of carbonyl (C=O) groups excluding carboxylic acids is 2. The van der Waals surface area contributed by atoms with Crippen LogP contribution in [0.15, 0.2) is 60.3 Å². The molecule has 2 aliphatic rings. The predicted octanol–water partition coefficient (Wildman–Crippen LogP) is 2.29. The number of aromatic nitrogens is 1. The monoisotopic (exact) mass is 373 g/mol. The van der Waals surface area contributed by atoms with Crippen molar-refractivity contribution in [1.29, 1.82) is 0 Å². The lowest BCUT2D eigenvalue weighted by molar-refractivity contribution is -0.123. The maximum absolute atomic E-state index is 12.8. The summed E-state index contributed by atoms with van der Waals surface area (Å²) in [4.78, 5) is 25.3. The van der Waals surface area contributed by atoms with Gasteiger partial charge in [0.1, 0.15) is 5.70 Å². The highest BCUT2D eigenvalue weighted by atomic mass is 16.3. The highest BCUT2D eigenvalue weighted by Gasteiger charge is 2.37. The molecule has 0 spiro atoms. The molecule has 0 saturated heterocycles. The van der Waals surface area contributed by atoms with Crippen LogP contribution in [-0.4, -0.2) is 28.1 Å². The standard InChI is InChI=1S/C22H19N3O3/c26-12-13-10-17-18(15-8-4-5-9-16(15)25(17)11-13)19-20(22(28)24-21(19)27)23-14-6-2-1-3-7-14/h1-9,13,26H,10-12H2,(H2,23,24,27,28)/t13-/m0/s1. The first kappa shape index (κ1) is 16.8. The van der Waals surface area contributed by atoms with Gasteiger partial charge in [0.05, 0.1) is 5.57 Å². The van der Waals surface area contributed by atoms with Gasteiger partial charge in [-0.15, -0.1) is 0 Å². The van der Waals surface area contributed by atoms with Crippen molar-refractivity contribution in [3.05, 3.63) is 71.6 Å². The number of benzene rings is 2. The molecule has 28 heavy (non-hydrogen) atoms. The van der Waals surface area contributed by atoms with Gasteiger partial charge in [-0.3, -0.25) is 14.9 Å². The van der Waals surface area contributed by atoms with Gasteiger partial charge in [0.25, 0.3) is 11.8 Å². The lowest BCUT2D eigenvalue weighted by Gasteiger charge is -2.09. The number of nitrogens with zero attached hydrogens (tertiary/aromatic N) is 1. The lowest BCUT2D eigenvalue weighted by atomic mass is 9.96. The SMILES string of the molecule is O=C1NC(=O)C(c2c3n(c4ccccc24)C[C@@H](CO)C3)=C1Nc1ccccc1. The molecule has 5 rings (SSSR count). The quantitative estimate of drug-likeness (QED) is 0.613. The van der Waals surface area contributed by atoms with Gasteiger partial charge in [-0.25, -0.2) is 0 Å². The molecule has 2 aromatic carbocycles. The molecule has 3 N–H and O–H groups in total. The molecule has 3 heterocycles. The Morgan fingerprint density at radius 3 is 2.57 bits per heavy atom. The minimum atomic E-state index is -0.426. The first-order valence-corrected chi connectivity index (χ1v) is 9.30. The molecule has 140 valence electrons. The molecule has 0 saturated carbocycles. The van der Waals surface area contributed by atoms with Crippen molar-refractivity contribution in [1.82, 2.24) is 9.88 Å². The summed E-state index contributed by atoms with van der Waals surface area (Å²) in [6.45, 7) is 0.797. The van der Waals surface area contributed by atoms with E-state index in [0.717, 1.165) is 27.8 Å². The summed E-state index contributed by atoms with van der Waals surface area (Å²) in [5.74, 6) is -0.704. The zero-order valence-electron chi connectivity index (χ0n) is 15.1. The van der Waals surface area contributed by atoms with Crippen LogP contribution in [0.3, 0.4) is 0 Å². The minimum Gasteiger partial charge on any atom is -0.396 e. The second-order valence-corrected chi connectivity index (χ2v) is 7.23. The number of aliphatic hydroxyl groups is 1. The fraction of sp³-hybridized carbons (Fsp3) is 0.182. The summed E-state index contributed by atoms with van der Waals surface area (Å²) in [5.41, 5.74) is 4.18. The largest absolute Gasteiger partial charge is 0.396 e. The molecule has 0 aliphatic carbocycles. The van der Waals surface area contributed by atoms with Crippen molar-refractivity contribution in [2.24, 2.45) is 5.92 Å². The van der Waals surface area contributed by atoms with Crippen LogP contribution in [0.2, 0.25) is 0 Å². The summed E-state index contributed by atoms with van der Waals surface area (Å²) in [5, 5.41) is 16.2. The average molecular weight is 373 g/mol. The van der Waals surface area contributed by atoms with Gasteiger partial charge in [-0.2, -0.15) is 0 Å². The van der Waals surface area contributed by atoms with Gasteiger partial charge in [-0.05, 0) is 24.6 Å². The van der Waals surface area contributed by atoms with Crippen LogP contribution in [-0.2, 0) is 22.6 Å². The summed E-state index contributed by atoms with van der Waals surface area (Å²) in [6, 6.07) is 17.2. The molecule has 2 amide bonds. The molecule has 2 aliphatic heterocycles. The number of amides is 2. The highest BCUT2D eigenvalue weighted by molar-refractivity contribution is 6.38. The van der Waals surface area contributed by atoms with E-state index in [9.17, 15) is 14.7 Å². The van der Waals surface area contributed by atoms with Gasteiger partial charge < -0.3 is 15.0 Å². The number of nitrogens with one attached hydrogen (secondary N) is 2. The first-order chi connectivity index (χ1) is 13.7. The number of aliphatic hydroxyl groups excluding tert-OH is 1. The number of rotatable bonds is 4. The Kier molecular flexibility index (Phi) is 3.80. The molecule has 1 atom stereocenters. The molecule has 6 heteroatoms. The number of para-hydroxylation sites is 2. The topological polar surface area (TPSA) is 83.4 Å². The lowest BCUT2D eigenvalue weighted by Crippen LogP contribution is -2.24. The summed E-state index contributed by atoms with van der Waals surface area (Å²) in [6.07, 6.45) is 0.671. The predicted molar refractivity (Wildman–Crippen MR) is 106 cm³/mol. The fourth-order valence-electron chi connectivity index (χ4n) is 4.25. The van der Waals surface area contributed by atoms with Crippen LogP contribution in [0.4, 0.5) is 5.69 Å².